The van der Waals surface area contributed by atoms with Crippen molar-refractivity contribution in [1.82, 2.24) is 5.32 Å². The fraction of sp³-hybridized carbons (Fsp3) is 0.300. The van der Waals surface area contributed by atoms with Crippen molar-refractivity contribution >= 4 is 52.5 Å². The Labute approximate surface area is 242 Å². The molecule has 0 saturated heterocycles. The molecule has 1 aliphatic rings. The van der Waals surface area contributed by atoms with Crippen LogP contribution in [0.5, 0.6) is 0 Å². The van der Waals surface area contributed by atoms with E-state index in [1.54, 1.807) is 35.2 Å². The van der Waals surface area contributed by atoms with Gasteiger partial charge in [-0.3, -0.25) is 9.69 Å². The summed E-state index contributed by atoms with van der Waals surface area (Å²) in [5.74, 6) is -1.40. The van der Waals surface area contributed by atoms with E-state index in [9.17, 15) is 19.5 Å². The number of hydrogen-bond donors (Lipinski definition) is 4. The summed E-state index contributed by atoms with van der Waals surface area (Å²) in [7, 11) is 0. The minimum Gasteiger partial charge on any atom is -0.479 e. The van der Waals surface area contributed by atoms with Crippen LogP contribution in [0.25, 0.3) is 0 Å². The molecule has 1 unspecified atom stereocenters. The molecule has 3 aromatic carbocycles. The molecule has 3 aromatic rings. The number of carbonyl (C=O) groups excluding carboxylic acids is 2. The van der Waals surface area contributed by atoms with Gasteiger partial charge in [-0.05, 0) is 72.4 Å². The Morgan fingerprint density at radius 2 is 1.52 bits per heavy atom. The number of carbonyl (C=O) groups is 3. The number of carboxylic acid groups (broad SMARTS) is 1. The molecule has 0 spiro atoms. The summed E-state index contributed by atoms with van der Waals surface area (Å²) < 4.78 is 0. The second kappa shape index (κ2) is 13.7. The van der Waals surface area contributed by atoms with Gasteiger partial charge in [0.2, 0.25) is 0 Å². The van der Waals surface area contributed by atoms with Gasteiger partial charge in [0.05, 0.1) is 13.1 Å². The lowest BCUT2D eigenvalue weighted by atomic mass is 9.84. The van der Waals surface area contributed by atoms with E-state index in [2.05, 4.69) is 22.8 Å². The lowest BCUT2D eigenvalue weighted by molar-refractivity contribution is -0.146. The lowest BCUT2D eigenvalue weighted by Gasteiger charge is -2.25. The maximum Gasteiger partial charge on any atom is 0.334 e. The van der Waals surface area contributed by atoms with Gasteiger partial charge < -0.3 is 20.8 Å². The highest BCUT2D eigenvalue weighted by atomic mass is 35.5. The van der Waals surface area contributed by atoms with E-state index < -0.39 is 30.6 Å². The van der Waals surface area contributed by atoms with Crippen LogP contribution in [0.2, 0.25) is 10.0 Å². The Bertz CT molecular complexity index is 1320. The summed E-state index contributed by atoms with van der Waals surface area (Å²) in [6.07, 6.45) is 4.49. The van der Waals surface area contributed by atoms with E-state index in [-0.39, 0.29) is 12.1 Å². The SMILES string of the molecule is O=C(NCC(O)C(=O)O)c1ccc(N(Cc2ccc(C3CCCCC3)cc2)C(=O)Nc2cc(Cl)cc(Cl)c2)cc1. The maximum atomic E-state index is 13.5. The molecular weight excluding hydrogens is 553 g/mol. The Morgan fingerprint density at radius 3 is 2.12 bits per heavy atom. The number of carboxylic acids is 1. The summed E-state index contributed by atoms with van der Waals surface area (Å²) in [5, 5.41) is 24.2. The van der Waals surface area contributed by atoms with E-state index in [0.717, 1.165) is 5.56 Å². The van der Waals surface area contributed by atoms with Gasteiger partial charge in [-0.1, -0.05) is 66.7 Å². The minimum atomic E-state index is -1.70. The van der Waals surface area contributed by atoms with Crippen LogP contribution in [0, 0.1) is 0 Å². The summed E-state index contributed by atoms with van der Waals surface area (Å²) in [6.45, 7) is -0.162. The number of rotatable bonds is 9. The van der Waals surface area contributed by atoms with Gasteiger partial charge in [0.25, 0.3) is 5.91 Å². The van der Waals surface area contributed by atoms with Crippen molar-refractivity contribution in [1.29, 1.82) is 0 Å². The maximum absolute atomic E-state index is 13.5. The van der Waals surface area contributed by atoms with Crippen LogP contribution in [0.15, 0.2) is 66.7 Å². The van der Waals surface area contributed by atoms with Gasteiger partial charge in [-0.25, -0.2) is 9.59 Å². The number of amides is 3. The molecule has 1 fully saturated rings. The molecule has 210 valence electrons. The number of anilines is 2. The highest BCUT2D eigenvalue weighted by Gasteiger charge is 2.20. The minimum absolute atomic E-state index is 0.250. The van der Waals surface area contributed by atoms with Gasteiger partial charge in [-0.2, -0.15) is 0 Å². The molecule has 0 aromatic heterocycles. The number of nitrogens with one attached hydrogen (secondary N) is 2. The molecule has 3 amide bonds. The first-order chi connectivity index (χ1) is 19.2. The van der Waals surface area contributed by atoms with Gasteiger partial charge in [-0.15, -0.1) is 0 Å². The predicted molar refractivity (Wildman–Crippen MR) is 156 cm³/mol. The molecule has 0 radical (unpaired) electrons. The van der Waals surface area contributed by atoms with Crippen LogP contribution in [-0.2, 0) is 11.3 Å². The molecule has 10 heteroatoms. The molecule has 4 N–H and O–H groups in total. The Morgan fingerprint density at radius 1 is 0.900 bits per heavy atom. The first-order valence-electron chi connectivity index (χ1n) is 13.1. The molecule has 1 aliphatic carbocycles. The standard InChI is InChI=1S/C30H31Cl2N3O5/c31-23-14-24(32)16-25(15-23)34-30(40)35(18-19-6-8-21(9-7-19)20-4-2-1-3-5-20)26-12-10-22(11-13-26)28(37)33-17-27(36)29(38)39/h6-16,20,27,36H,1-5,17-18H2,(H,33,37)(H,34,40)(H,38,39). The van der Waals surface area contributed by atoms with Crippen molar-refractivity contribution in [2.45, 2.75) is 50.7 Å². The molecule has 0 bridgehead atoms. The number of aliphatic carboxylic acids is 1. The highest BCUT2D eigenvalue weighted by molar-refractivity contribution is 6.35. The van der Waals surface area contributed by atoms with Crippen molar-refractivity contribution < 1.29 is 24.6 Å². The summed E-state index contributed by atoms with van der Waals surface area (Å²) in [4.78, 5) is 38.2. The molecular formula is C30H31Cl2N3O5. The van der Waals surface area contributed by atoms with Crippen molar-refractivity contribution in [2.75, 3.05) is 16.8 Å². The zero-order valence-electron chi connectivity index (χ0n) is 21.8. The van der Waals surface area contributed by atoms with Crippen molar-refractivity contribution in [3.63, 3.8) is 0 Å². The van der Waals surface area contributed by atoms with E-state index in [1.165, 1.54) is 49.8 Å². The van der Waals surface area contributed by atoms with E-state index in [0.29, 0.717) is 27.3 Å². The van der Waals surface area contributed by atoms with E-state index in [1.807, 2.05) is 12.1 Å². The van der Waals surface area contributed by atoms with Crippen molar-refractivity contribution in [2.24, 2.45) is 0 Å². The third-order valence-electron chi connectivity index (χ3n) is 6.94. The third-order valence-corrected chi connectivity index (χ3v) is 7.37. The Kier molecular flexibility index (Phi) is 10.0. The molecule has 0 heterocycles. The second-order valence-corrected chi connectivity index (χ2v) is 10.7. The van der Waals surface area contributed by atoms with Crippen molar-refractivity contribution in [3.05, 3.63) is 93.5 Å². The average Bonchev–Trinajstić information content (AvgIpc) is 2.94. The predicted octanol–water partition coefficient (Wildman–Crippen LogP) is 6.46. The van der Waals surface area contributed by atoms with Gasteiger partial charge in [0, 0.05) is 27.0 Å². The highest BCUT2D eigenvalue weighted by Crippen LogP contribution is 2.33. The van der Waals surface area contributed by atoms with Gasteiger partial charge in [0.15, 0.2) is 6.10 Å². The molecule has 8 nitrogen and oxygen atoms in total. The van der Waals surface area contributed by atoms with Crippen LogP contribution in [-0.4, -0.2) is 40.8 Å². The first-order valence-corrected chi connectivity index (χ1v) is 13.9. The van der Waals surface area contributed by atoms with E-state index >= 15 is 0 Å². The summed E-state index contributed by atoms with van der Waals surface area (Å²) in [5.41, 5.74) is 3.47. The van der Waals surface area contributed by atoms with Crippen LogP contribution in [0.3, 0.4) is 0 Å². The lowest BCUT2D eigenvalue weighted by Crippen LogP contribution is -2.36. The number of aliphatic hydroxyl groups is 1. The fourth-order valence-electron chi connectivity index (χ4n) is 4.78. The summed E-state index contributed by atoms with van der Waals surface area (Å²) >= 11 is 12.2. The topological polar surface area (TPSA) is 119 Å². The number of urea groups is 1. The smallest absolute Gasteiger partial charge is 0.334 e. The van der Waals surface area contributed by atoms with Crippen LogP contribution in [0.4, 0.5) is 16.2 Å². The molecule has 40 heavy (non-hydrogen) atoms. The largest absolute Gasteiger partial charge is 0.479 e. The number of benzene rings is 3. The second-order valence-electron chi connectivity index (χ2n) is 9.86. The first kappa shape index (κ1) is 29.4. The normalized spacial score (nSPS) is 14.3. The number of halogens is 2. The molecule has 0 aliphatic heterocycles. The number of nitrogens with zero attached hydrogens (tertiary/aromatic N) is 1. The zero-order valence-corrected chi connectivity index (χ0v) is 23.3. The number of aliphatic hydroxyl groups excluding tert-OH is 1. The van der Waals surface area contributed by atoms with Gasteiger partial charge in [0.1, 0.15) is 0 Å². The van der Waals surface area contributed by atoms with Gasteiger partial charge >= 0.3 is 12.0 Å². The summed E-state index contributed by atoms with van der Waals surface area (Å²) in [6, 6.07) is 19.0. The zero-order chi connectivity index (χ0) is 28.6. The molecule has 1 atom stereocenters. The number of hydrogen-bond acceptors (Lipinski definition) is 4. The van der Waals surface area contributed by atoms with E-state index in [4.69, 9.17) is 28.3 Å². The van der Waals surface area contributed by atoms with Crippen LogP contribution < -0.4 is 15.5 Å². The third kappa shape index (κ3) is 7.97. The van der Waals surface area contributed by atoms with Crippen LogP contribution >= 0.6 is 23.2 Å². The molecule has 4 rings (SSSR count). The average molecular weight is 585 g/mol. The quantitative estimate of drug-likeness (QED) is 0.230. The Hall–Kier alpha value is -3.59. The monoisotopic (exact) mass is 583 g/mol. The molecule has 1 saturated carbocycles. The fourth-order valence-corrected chi connectivity index (χ4v) is 5.31. The van der Waals surface area contributed by atoms with Crippen LogP contribution in [0.1, 0.15) is 59.5 Å². The van der Waals surface area contributed by atoms with Crippen molar-refractivity contribution in [3.8, 4) is 0 Å². The Balaban J connectivity index is 1.53.